The quantitative estimate of drug-likeness (QED) is 0.765. The highest BCUT2D eigenvalue weighted by Gasteiger charge is 2.58. The molecular formula is C13H21NO4. The van der Waals surface area contributed by atoms with E-state index in [1.54, 1.807) is 12.0 Å². The molecule has 0 radical (unpaired) electrons. The lowest BCUT2D eigenvalue weighted by Crippen LogP contribution is -2.48. The number of carboxylic acid groups (broad SMARTS) is 1. The van der Waals surface area contributed by atoms with Crippen LogP contribution in [-0.4, -0.2) is 48.7 Å². The van der Waals surface area contributed by atoms with Gasteiger partial charge in [0.05, 0.1) is 6.61 Å². The molecular weight excluding hydrogens is 234 g/mol. The predicted molar refractivity (Wildman–Crippen MR) is 65.1 cm³/mol. The van der Waals surface area contributed by atoms with E-state index in [-0.39, 0.29) is 11.3 Å². The van der Waals surface area contributed by atoms with Crippen LogP contribution in [0.1, 0.15) is 32.6 Å². The summed E-state index contributed by atoms with van der Waals surface area (Å²) in [4.78, 5) is 25.1. The van der Waals surface area contributed by atoms with E-state index >= 15 is 0 Å². The summed E-state index contributed by atoms with van der Waals surface area (Å²) in [5.74, 6) is -1.15. The first-order valence-corrected chi connectivity index (χ1v) is 6.45. The van der Waals surface area contributed by atoms with Gasteiger partial charge in [-0.25, -0.2) is 0 Å². The van der Waals surface area contributed by atoms with Gasteiger partial charge >= 0.3 is 5.97 Å². The lowest BCUT2D eigenvalue weighted by molar-refractivity contribution is -0.154. The van der Waals surface area contributed by atoms with Crippen LogP contribution in [0.25, 0.3) is 0 Å². The molecule has 0 unspecified atom stereocenters. The highest BCUT2D eigenvalue weighted by molar-refractivity contribution is 6.04. The third-order valence-corrected chi connectivity index (χ3v) is 4.32. The van der Waals surface area contributed by atoms with Gasteiger partial charge in [-0.15, -0.1) is 0 Å². The van der Waals surface area contributed by atoms with Gasteiger partial charge in [-0.3, -0.25) is 9.59 Å². The number of aliphatic carboxylic acids is 1. The van der Waals surface area contributed by atoms with Crippen LogP contribution in [0.4, 0.5) is 0 Å². The maximum atomic E-state index is 12.2. The Labute approximate surface area is 107 Å². The van der Waals surface area contributed by atoms with Crippen LogP contribution in [0.2, 0.25) is 0 Å². The Morgan fingerprint density at radius 2 is 1.78 bits per heavy atom. The Bertz CT molecular complexity index is 354. The number of methoxy groups -OCH3 is 1. The van der Waals surface area contributed by atoms with Gasteiger partial charge in [0.2, 0.25) is 5.91 Å². The van der Waals surface area contributed by atoms with Crippen LogP contribution < -0.4 is 0 Å². The lowest BCUT2D eigenvalue weighted by atomic mass is 9.81. The van der Waals surface area contributed by atoms with Gasteiger partial charge in [0.25, 0.3) is 0 Å². The van der Waals surface area contributed by atoms with Crippen molar-refractivity contribution in [2.45, 2.75) is 32.6 Å². The third kappa shape index (κ3) is 2.23. The molecule has 1 amide bonds. The number of amides is 1. The average molecular weight is 255 g/mol. The SMILES string of the molecule is COCC1(C)CCN(C(=O)C2(C(=O)O)CC2)CC1. The number of carbonyl (C=O) groups excluding carboxylic acids is 1. The standard InChI is InChI=1S/C13H21NO4/c1-12(9-18-2)5-7-14(8-6-12)10(15)13(3-4-13)11(16)17/h3-9H2,1-2H3,(H,16,17). The molecule has 102 valence electrons. The topological polar surface area (TPSA) is 66.8 Å². The van der Waals surface area contributed by atoms with E-state index < -0.39 is 11.4 Å². The number of carbonyl (C=O) groups is 2. The second-order valence-corrected chi connectivity index (χ2v) is 5.92. The number of nitrogens with zero attached hydrogens (tertiary/aromatic N) is 1. The molecule has 18 heavy (non-hydrogen) atoms. The third-order valence-electron chi connectivity index (χ3n) is 4.32. The largest absolute Gasteiger partial charge is 0.480 e. The van der Waals surface area contributed by atoms with Crippen LogP contribution >= 0.6 is 0 Å². The Morgan fingerprint density at radius 3 is 2.17 bits per heavy atom. The predicted octanol–water partition coefficient (Wildman–Crippen LogP) is 1.13. The number of likely N-dealkylation sites (tertiary alicyclic amines) is 1. The van der Waals surface area contributed by atoms with Crippen LogP contribution in [0, 0.1) is 10.8 Å². The fourth-order valence-corrected chi connectivity index (χ4v) is 2.69. The fraction of sp³-hybridized carbons (Fsp3) is 0.846. The number of hydrogen-bond acceptors (Lipinski definition) is 3. The minimum Gasteiger partial charge on any atom is -0.480 e. The van der Waals surface area contributed by atoms with Crippen molar-refractivity contribution in [3.63, 3.8) is 0 Å². The zero-order chi connectivity index (χ0) is 13.4. The lowest BCUT2D eigenvalue weighted by Gasteiger charge is -2.39. The smallest absolute Gasteiger partial charge is 0.319 e. The molecule has 5 nitrogen and oxygen atoms in total. The highest BCUT2D eigenvalue weighted by Crippen LogP contribution is 2.48. The molecule has 2 fully saturated rings. The summed E-state index contributed by atoms with van der Waals surface area (Å²) in [7, 11) is 1.69. The Balaban J connectivity index is 1.94. The van der Waals surface area contributed by atoms with Gasteiger partial charge in [0.1, 0.15) is 5.41 Å². The summed E-state index contributed by atoms with van der Waals surface area (Å²) >= 11 is 0. The van der Waals surface area contributed by atoms with Crippen molar-refractivity contribution < 1.29 is 19.4 Å². The van der Waals surface area contributed by atoms with Gasteiger partial charge in [0.15, 0.2) is 0 Å². The van der Waals surface area contributed by atoms with E-state index in [9.17, 15) is 9.59 Å². The number of piperidine rings is 1. The van der Waals surface area contributed by atoms with Gasteiger partial charge in [-0.2, -0.15) is 0 Å². The molecule has 0 bridgehead atoms. The van der Waals surface area contributed by atoms with Crippen molar-refractivity contribution in [3.8, 4) is 0 Å². The van der Waals surface area contributed by atoms with E-state index in [1.807, 2.05) is 0 Å². The highest BCUT2D eigenvalue weighted by atomic mass is 16.5. The molecule has 0 atom stereocenters. The molecule has 1 saturated heterocycles. The molecule has 5 heteroatoms. The molecule has 1 aliphatic carbocycles. The Kier molecular flexibility index (Phi) is 3.36. The second kappa shape index (κ2) is 4.53. The van der Waals surface area contributed by atoms with Crippen LogP contribution in [-0.2, 0) is 14.3 Å². The fourth-order valence-electron chi connectivity index (χ4n) is 2.69. The average Bonchev–Trinajstić information content (AvgIpc) is 3.10. The summed E-state index contributed by atoms with van der Waals surface area (Å²) in [6.07, 6.45) is 2.74. The molecule has 0 aromatic rings. The van der Waals surface area contributed by atoms with E-state index in [0.29, 0.717) is 32.5 Å². The van der Waals surface area contributed by atoms with Crippen molar-refractivity contribution in [1.82, 2.24) is 4.90 Å². The van der Waals surface area contributed by atoms with Gasteiger partial charge in [-0.1, -0.05) is 6.92 Å². The van der Waals surface area contributed by atoms with Crippen molar-refractivity contribution >= 4 is 11.9 Å². The van der Waals surface area contributed by atoms with E-state index in [2.05, 4.69) is 6.92 Å². The first-order valence-electron chi connectivity index (χ1n) is 6.45. The molecule has 1 aliphatic heterocycles. The Morgan fingerprint density at radius 1 is 1.22 bits per heavy atom. The van der Waals surface area contributed by atoms with Crippen LogP contribution in [0.5, 0.6) is 0 Å². The normalized spacial score (nSPS) is 24.7. The van der Waals surface area contributed by atoms with Crippen molar-refractivity contribution in [1.29, 1.82) is 0 Å². The van der Waals surface area contributed by atoms with Gasteiger partial charge < -0.3 is 14.7 Å². The van der Waals surface area contributed by atoms with Crippen molar-refractivity contribution in [2.24, 2.45) is 10.8 Å². The monoisotopic (exact) mass is 255 g/mol. The van der Waals surface area contributed by atoms with Gasteiger partial charge in [0, 0.05) is 20.2 Å². The Hall–Kier alpha value is -1.10. The summed E-state index contributed by atoms with van der Waals surface area (Å²) < 4.78 is 5.20. The summed E-state index contributed by atoms with van der Waals surface area (Å²) in [5.41, 5.74) is -0.972. The van der Waals surface area contributed by atoms with Crippen molar-refractivity contribution in [2.75, 3.05) is 26.8 Å². The first kappa shape index (κ1) is 13.3. The second-order valence-electron chi connectivity index (χ2n) is 5.92. The number of carboxylic acids is 1. The summed E-state index contributed by atoms with van der Waals surface area (Å²) in [6, 6.07) is 0. The molecule has 1 heterocycles. The van der Waals surface area contributed by atoms with E-state index in [1.165, 1.54) is 0 Å². The molecule has 0 spiro atoms. The molecule has 1 saturated carbocycles. The molecule has 0 aromatic heterocycles. The zero-order valence-electron chi connectivity index (χ0n) is 11.1. The first-order chi connectivity index (χ1) is 8.43. The summed E-state index contributed by atoms with van der Waals surface area (Å²) in [5, 5.41) is 9.12. The molecule has 2 aliphatic rings. The van der Waals surface area contributed by atoms with Gasteiger partial charge in [-0.05, 0) is 31.1 Å². The number of rotatable bonds is 4. The summed E-state index contributed by atoms with van der Waals surface area (Å²) in [6.45, 7) is 4.14. The maximum Gasteiger partial charge on any atom is 0.319 e. The number of ether oxygens (including phenoxy) is 1. The maximum absolute atomic E-state index is 12.2. The van der Waals surface area contributed by atoms with Crippen LogP contribution in [0.15, 0.2) is 0 Å². The molecule has 1 N–H and O–H groups in total. The minimum absolute atomic E-state index is 0.117. The molecule has 2 rings (SSSR count). The van der Waals surface area contributed by atoms with Crippen molar-refractivity contribution in [3.05, 3.63) is 0 Å². The van der Waals surface area contributed by atoms with Crippen LogP contribution in [0.3, 0.4) is 0 Å². The molecule has 0 aromatic carbocycles. The van der Waals surface area contributed by atoms with E-state index in [0.717, 1.165) is 12.8 Å². The van der Waals surface area contributed by atoms with E-state index in [4.69, 9.17) is 9.84 Å². The zero-order valence-corrected chi connectivity index (χ0v) is 11.1. The minimum atomic E-state index is -1.09. The number of hydrogen-bond donors (Lipinski definition) is 1.